The van der Waals surface area contributed by atoms with E-state index in [1.807, 2.05) is 42.6 Å². The van der Waals surface area contributed by atoms with Crippen LogP contribution in [0.25, 0.3) is 15.8 Å². The monoisotopic (exact) mass is 416 g/mol. The molecular weight excluding hydrogens is 396 g/mol. The fourth-order valence-corrected chi connectivity index (χ4v) is 4.23. The first-order valence-electron chi connectivity index (χ1n) is 9.78. The summed E-state index contributed by atoms with van der Waals surface area (Å²) in [5.41, 5.74) is 9.39. The van der Waals surface area contributed by atoms with Crippen LogP contribution in [0.1, 0.15) is 44.7 Å². The molecule has 30 heavy (non-hydrogen) atoms. The van der Waals surface area contributed by atoms with Gasteiger partial charge in [0.1, 0.15) is 5.82 Å². The van der Waals surface area contributed by atoms with Crippen molar-refractivity contribution in [1.82, 2.24) is 15.1 Å². The number of nitrogens with one attached hydrogen (secondary N) is 1. The van der Waals surface area contributed by atoms with Crippen LogP contribution >= 0.6 is 11.3 Å². The summed E-state index contributed by atoms with van der Waals surface area (Å²) in [5, 5.41) is 10.4. The van der Waals surface area contributed by atoms with Gasteiger partial charge in [-0.1, -0.05) is 6.07 Å². The first-order chi connectivity index (χ1) is 14.5. The van der Waals surface area contributed by atoms with Gasteiger partial charge in [0.2, 0.25) is 0 Å². The zero-order valence-electron chi connectivity index (χ0n) is 16.4. The highest BCUT2D eigenvalue weighted by Crippen LogP contribution is 2.27. The molecule has 2 heterocycles. The fraction of sp³-hybridized carbons (Fsp3) is 0.174. The number of nitrogens with two attached hydrogens (primary N) is 1. The molecule has 4 aromatic rings. The molecule has 150 valence electrons. The molecule has 1 aliphatic carbocycles. The van der Waals surface area contributed by atoms with Crippen LogP contribution in [0.15, 0.2) is 54.0 Å². The lowest BCUT2D eigenvalue weighted by Crippen LogP contribution is -2.25. The number of carbonyl (C=O) groups is 2. The van der Waals surface area contributed by atoms with Crippen LogP contribution in [0.2, 0.25) is 0 Å². The molecular formula is C23H20N4O2S. The van der Waals surface area contributed by atoms with E-state index in [9.17, 15) is 9.59 Å². The molecule has 1 aliphatic rings. The number of aromatic nitrogens is 2. The van der Waals surface area contributed by atoms with Crippen LogP contribution in [0.3, 0.4) is 0 Å². The number of thiophene rings is 1. The van der Waals surface area contributed by atoms with E-state index in [4.69, 9.17) is 5.73 Å². The number of rotatable bonds is 5. The van der Waals surface area contributed by atoms with Crippen molar-refractivity contribution in [2.45, 2.75) is 25.8 Å². The van der Waals surface area contributed by atoms with Gasteiger partial charge in [-0.2, -0.15) is 5.10 Å². The molecule has 0 bridgehead atoms. The zero-order valence-corrected chi connectivity index (χ0v) is 17.2. The topological polar surface area (TPSA) is 90.0 Å². The predicted octanol–water partition coefficient (Wildman–Crippen LogP) is 4.10. The molecule has 6 nitrogen and oxygen atoms in total. The van der Waals surface area contributed by atoms with Gasteiger partial charge in [0.15, 0.2) is 5.78 Å². The third-order valence-corrected chi connectivity index (χ3v) is 6.28. The highest BCUT2D eigenvalue weighted by Gasteiger charge is 2.24. The molecule has 2 aromatic heterocycles. The zero-order chi connectivity index (χ0) is 20.8. The third kappa shape index (κ3) is 3.27. The van der Waals surface area contributed by atoms with E-state index in [-0.39, 0.29) is 23.6 Å². The van der Waals surface area contributed by atoms with Crippen LogP contribution in [0.5, 0.6) is 0 Å². The van der Waals surface area contributed by atoms with Crippen molar-refractivity contribution in [3.05, 3.63) is 76.3 Å². The minimum Gasteiger partial charge on any atom is -0.383 e. The summed E-state index contributed by atoms with van der Waals surface area (Å²) in [6, 6.07) is 13.3. The second-order valence-corrected chi connectivity index (χ2v) is 8.55. The number of aryl methyl sites for hydroxylation is 1. The van der Waals surface area contributed by atoms with Gasteiger partial charge in [0.05, 0.1) is 17.4 Å². The third-order valence-electron chi connectivity index (χ3n) is 5.38. The number of ketones is 1. The number of fused-ring (bicyclic) bond motifs is 1. The minimum atomic E-state index is -0.174. The van der Waals surface area contributed by atoms with Crippen molar-refractivity contribution in [2.75, 3.05) is 5.73 Å². The minimum absolute atomic E-state index is 0.107. The lowest BCUT2D eigenvalue weighted by Gasteiger charge is -2.11. The lowest BCUT2D eigenvalue weighted by atomic mass is 10.0. The van der Waals surface area contributed by atoms with E-state index in [2.05, 4.69) is 10.4 Å². The number of anilines is 1. The van der Waals surface area contributed by atoms with Crippen molar-refractivity contribution < 1.29 is 9.59 Å². The van der Waals surface area contributed by atoms with Crippen molar-refractivity contribution in [1.29, 1.82) is 0 Å². The summed E-state index contributed by atoms with van der Waals surface area (Å²) < 4.78 is 2.66. The molecule has 0 aliphatic heterocycles. The second-order valence-electron chi connectivity index (χ2n) is 7.61. The molecule has 1 amide bonds. The maximum atomic E-state index is 13.1. The molecule has 0 atom stereocenters. The van der Waals surface area contributed by atoms with Gasteiger partial charge in [0, 0.05) is 21.9 Å². The van der Waals surface area contributed by atoms with Gasteiger partial charge in [0.25, 0.3) is 5.91 Å². The highest BCUT2D eigenvalue weighted by atomic mass is 32.1. The smallest absolute Gasteiger partial charge is 0.251 e. The van der Waals surface area contributed by atoms with Gasteiger partial charge in [-0.3, -0.25) is 9.59 Å². The SMILES string of the molecule is Cc1ccc(C(=O)NC2CC2)cc1-n1ncc(C(=O)c2ccc3sccc3c2)c1N. The summed E-state index contributed by atoms with van der Waals surface area (Å²) in [4.78, 5) is 25.5. The second kappa shape index (κ2) is 7.11. The number of nitrogens with zero attached hydrogens (tertiary/aromatic N) is 2. The van der Waals surface area contributed by atoms with Crippen molar-refractivity contribution in [3.63, 3.8) is 0 Å². The Bertz CT molecular complexity index is 1300. The number of benzene rings is 2. The van der Waals surface area contributed by atoms with E-state index in [1.165, 1.54) is 10.9 Å². The molecule has 2 aromatic carbocycles. The summed E-state index contributed by atoms with van der Waals surface area (Å²) >= 11 is 1.64. The van der Waals surface area contributed by atoms with E-state index in [0.29, 0.717) is 22.4 Å². The average molecular weight is 417 g/mol. The van der Waals surface area contributed by atoms with Gasteiger partial charge < -0.3 is 11.1 Å². The predicted molar refractivity (Wildman–Crippen MR) is 118 cm³/mol. The largest absolute Gasteiger partial charge is 0.383 e. The Balaban J connectivity index is 1.49. The van der Waals surface area contributed by atoms with Crippen molar-refractivity contribution >= 4 is 38.9 Å². The lowest BCUT2D eigenvalue weighted by molar-refractivity contribution is 0.0950. The molecule has 0 radical (unpaired) electrons. The van der Waals surface area contributed by atoms with Crippen LogP contribution in [0.4, 0.5) is 5.82 Å². The first kappa shape index (κ1) is 18.6. The number of hydrogen-bond acceptors (Lipinski definition) is 5. The van der Waals surface area contributed by atoms with E-state index < -0.39 is 0 Å². The standard InChI is InChI=1S/C23H20N4O2S/c1-13-2-3-16(23(29)26-17-5-6-17)11-19(13)27-22(24)18(12-25-27)21(28)15-4-7-20-14(10-15)8-9-30-20/h2-4,7-12,17H,5-6,24H2,1H3,(H,26,29). The summed E-state index contributed by atoms with van der Waals surface area (Å²) in [5.74, 6) is -0.0229. The first-order valence-corrected chi connectivity index (χ1v) is 10.7. The Morgan fingerprint density at radius 1 is 1.13 bits per heavy atom. The maximum absolute atomic E-state index is 13.1. The molecule has 1 fully saturated rings. The molecule has 1 saturated carbocycles. The van der Waals surface area contributed by atoms with Crippen LogP contribution in [-0.4, -0.2) is 27.5 Å². The molecule has 0 unspecified atom stereocenters. The van der Waals surface area contributed by atoms with Crippen molar-refractivity contribution in [3.8, 4) is 5.69 Å². The Hall–Kier alpha value is -3.45. The normalized spacial score (nSPS) is 13.5. The molecule has 3 N–H and O–H groups in total. The van der Waals surface area contributed by atoms with E-state index in [0.717, 1.165) is 28.5 Å². The van der Waals surface area contributed by atoms with E-state index >= 15 is 0 Å². The van der Waals surface area contributed by atoms with Gasteiger partial charge in [-0.15, -0.1) is 11.3 Å². The Kier molecular flexibility index (Phi) is 4.40. The van der Waals surface area contributed by atoms with Gasteiger partial charge in [-0.05, 0) is 72.5 Å². The summed E-state index contributed by atoms with van der Waals surface area (Å²) in [7, 11) is 0. The van der Waals surface area contributed by atoms with E-state index in [1.54, 1.807) is 23.5 Å². The Labute approximate surface area is 177 Å². The highest BCUT2D eigenvalue weighted by molar-refractivity contribution is 7.17. The Morgan fingerprint density at radius 2 is 1.93 bits per heavy atom. The van der Waals surface area contributed by atoms with Crippen LogP contribution in [0, 0.1) is 6.92 Å². The average Bonchev–Trinajstić information content (AvgIpc) is 3.29. The number of hydrogen-bond donors (Lipinski definition) is 2. The summed E-state index contributed by atoms with van der Waals surface area (Å²) in [6.45, 7) is 1.92. The number of amides is 1. The summed E-state index contributed by atoms with van der Waals surface area (Å²) in [6.07, 6.45) is 3.55. The quantitative estimate of drug-likeness (QED) is 0.479. The van der Waals surface area contributed by atoms with Crippen LogP contribution in [-0.2, 0) is 0 Å². The fourth-order valence-electron chi connectivity index (χ4n) is 3.46. The number of carbonyl (C=O) groups excluding carboxylic acids is 2. The molecule has 0 spiro atoms. The number of nitrogen functional groups attached to an aromatic ring is 1. The molecule has 5 rings (SSSR count). The maximum Gasteiger partial charge on any atom is 0.251 e. The molecule has 7 heteroatoms. The molecule has 0 saturated heterocycles. The van der Waals surface area contributed by atoms with Gasteiger partial charge in [-0.25, -0.2) is 4.68 Å². The Morgan fingerprint density at radius 3 is 2.73 bits per heavy atom. The van der Waals surface area contributed by atoms with Crippen LogP contribution < -0.4 is 11.1 Å². The van der Waals surface area contributed by atoms with Gasteiger partial charge >= 0.3 is 0 Å². The van der Waals surface area contributed by atoms with Crippen molar-refractivity contribution in [2.24, 2.45) is 0 Å².